The van der Waals surface area contributed by atoms with E-state index in [2.05, 4.69) is 19.9 Å². The quantitative estimate of drug-likeness (QED) is 0.764. The number of ether oxygens (including phenoxy) is 2. The van der Waals surface area contributed by atoms with Gasteiger partial charge in [0.2, 0.25) is 0 Å². The first-order valence-electron chi connectivity index (χ1n) is 5.47. The Balaban J connectivity index is 2.96. The molecule has 86 valence electrons. The minimum Gasteiger partial charge on any atom is -0.490 e. The predicted octanol–water partition coefficient (Wildman–Crippen LogP) is 2.99. The zero-order chi connectivity index (χ0) is 12.0. The molecule has 0 aromatic heterocycles. The summed E-state index contributed by atoms with van der Waals surface area (Å²) in [5.41, 5.74) is 0.520. The first-order chi connectivity index (χ1) is 7.69. The Labute approximate surface area is 96.6 Å². The number of hydrogen-bond acceptors (Lipinski definition) is 3. The van der Waals surface area contributed by atoms with Crippen LogP contribution in [0.2, 0.25) is 0 Å². The van der Waals surface area contributed by atoms with Crippen LogP contribution in [0.15, 0.2) is 18.2 Å². The van der Waals surface area contributed by atoms with Gasteiger partial charge in [0.1, 0.15) is 6.07 Å². The zero-order valence-corrected chi connectivity index (χ0v) is 9.99. The van der Waals surface area contributed by atoms with Gasteiger partial charge in [-0.15, -0.1) is 0 Å². The van der Waals surface area contributed by atoms with Crippen LogP contribution < -0.4 is 9.47 Å². The molecular formula is C13H17NO2. The van der Waals surface area contributed by atoms with Crippen LogP contribution in [0.1, 0.15) is 26.3 Å². The van der Waals surface area contributed by atoms with Gasteiger partial charge in [-0.1, -0.05) is 19.9 Å². The molecule has 0 unspecified atom stereocenters. The largest absolute Gasteiger partial charge is 0.490 e. The summed E-state index contributed by atoms with van der Waals surface area (Å²) < 4.78 is 11.1. The number of para-hydroxylation sites is 1. The van der Waals surface area contributed by atoms with Crippen LogP contribution in [0.25, 0.3) is 0 Å². The molecule has 0 atom stereocenters. The second-order valence-electron chi connectivity index (χ2n) is 3.88. The second kappa shape index (κ2) is 6.02. The molecule has 1 aromatic rings. The van der Waals surface area contributed by atoms with E-state index in [9.17, 15) is 0 Å². The van der Waals surface area contributed by atoms with Crippen LogP contribution in [-0.4, -0.2) is 13.2 Å². The van der Waals surface area contributed by atoms with Crippen LogP contribution in [0, 0.1) is 17.2 Å². The highest BCUT2D eigenvalue weighted by atomic mass is 16.5. The normalized spacial score (nSPS) is 9.94. The van der Waals surface area contributed by atoms with Gasteiger partial charge in [-0.2, -0.15) is 5.26 Å². The fourth-order valence-electron chi connectivity index (χ4n) is 1.27. The van der Waals surface area contributed by atoms with Gasteiger partial charge in [-0.25, -0.2) is 0 Å². The Kier molecular flexibility index (Phi) is 4.65. The van der Waals surface area contributed by atoms with E-state index in [0.717, 1.165) is 0 Å². The molecule has 3 nitrogen and oxygen atoms in total. The molecule has 16 heavy (non-hydrogen) atoms. The van der Waals surface area contributed by atoms with Gasteiger partial charge in [-0.3, -0.25) is 0 Å². The van der Waals surface area contributed by atoms with Crippen LogP contribution >= 0.6 is 0 Å². The Bertz CT molecular complexity index is 380. The van der Waals surface area contributed by atoms with Gasteiger partial charge >= 0.3 is 0 Å². The summed E-state index contributed by atoms with van der Waals surface area (Å²) in [7, 11) is 0. The molecule has 1 aromatic carbocycles. The lowest BCUT2D eigenvalue weighted by Gasteiger charge is -2.14. The summed E-state index contributed by atoms with van der Waals surface area (Å²) in [6.07, 6.45) is 0. The molecule has 0 bridgehead atoms. The molecule has 3 heteroatoms. The monoisotopic (exact) mass is 219 g/mol. The highest BCUT2D eigenvalue weighted by molar-refractivity contribution is 5.52. The smallest absolute Gasteiger partial charge is 0.178 e. The molecule has 1 rings (SSSR count). The van der Waals surface area contributed by atoms with Crippen molar-refractivity contribution < 1.29 is 9.47 Å². The van der Waals surface area contributed by atoms with Crippen molar-refractivity contribution in [2.75, 3.05) is 13.2 Å². The average Bonchev–Trinajstić information content (AvgIpc) is 2.27. The van der Waals surface area contributed by atoms with Gasteiger partial charge in [0, 0.05) is 0 Å². The molecule has 0 saturated carbocycles. The average molecular weight is 219 g/mol. The van der Waals surface area contributed by atoms with Crippen molar-refractivity contribution in [2.24, 2.45) is 5.92 Å². The second-order valence-corrected chi connectivity index (χ2v) is 3.88. The molecule has 0 heterocycles. The number of hydrogen-bond donors (Lipinski definition) is 0. The van der Waals surface area contributed by atoms with E-state index in [1.54, 1.807) is 12.1 Å². The van der Waals surface area contributed by atoms with Gasteiger partial charge in [0.15, 0.2) is 11.5 Å². The van der Waals surface area contributed by atoms with E-state index in [4.69, 9.17) is 14.7 Å². The maximum absolute atomic E-state index is 8.99. The summed E-state index contributed by atoms with van der Waals surface area (Å²) in [5.74, 6) is 1.61. The van der Waals surface area contributed by atoms with Crippen molar-refractivity contribution in [3.05, 3.63) is 23.8 Å². The SMILES string of the molecule is CCOc1cccc(C#N)c1OCC(C)C. The third-order valence-corrected chi connectivity index (χ3v) is 1.96. The van der Waals surface area contributed by atoms with Gasteiger partial charge in [0.05, 0.1) is 18.8 Å². The van der Waals surface area contributed by atoms with E-state index in [1.807, 2.05) is 13.0 Å². The van der Waals surface area contributed by atoms with Crippen molar-refractivity contribution in [1.82, 2.24) is 0 Å². The summed E-state index contributed by atoms with van der Waals surface area (Å²) in [4.78, 5) is 0. The molecule has 0 aliphatic carbocycles. The maximum atomic E-state index is 8.99. The third kappa shape index (κ3) is 3.16. The highest BCUT2D eigenvalue weighted by Gasteiger charge is 2.11. The molecule has 0 N–H and O–H groups in total. The lowest BCUT2D eigenvalue weighted by atomic mass is 10.2. The lowest BCUT2D eigenvalue weighted by molar-refractivity contribution is 0.247. The molecule has 0 aliphatic heterocycles. The molecule has 0 radical (unpaired) electrons. The fraction of sp³-hybridized carbons (Fsp3) is 0.462. The lowest BCUT2D eigenvalue weighted by Crippen LogP contribution is -2.07. The van der Waals surface area contributed by atoms with E-state index >= 15 is 0 Å². The van der Waals surface area contributed by atoms with Crippen molar-refractivity contribution in [3.8, 4) is 17.6 Å². The van der Waals surface area contributed by atoms with Crippen molar-refractivity contribution >= 4 is 0 Å². The number of nitriles is 1. The van der Waals surface area contributed by atoms with Crippen LogP contribution in [0.3, 0.4) is 0 Å². The van der Waals surface area contributed by atoms with Gasteiger partial charge in [-0.05, 0) is 25.0 Å². The summed E-state index contributed by atoms with van der Waals surface area (Å²) in [5, 5.41) is 8.99. The number of benzene rings is 1. The standard InChI is InChI=1S/C13H17NO2/c1-4-15-12-7-5-6-11(8-14)13(12)16-9-10(2)3/h5-7,10H,4,9H2,1-3H3. The fourth-order valence-corrected chi connectivity index (χ4v) is 1.27. The summed E-state index contributed by atoms with van der Waals surface area (Å²) in [6.45, 7) is 7.18. The maximum Gasteiger partial charge on any atom is 0.178 e. The van der Waals surface area contributed by atoms with Gasteiger partial charge in [0.25, 0.3) is 0 Å². The Morgan fingerprint density at radius 2 is 2.06 bits per heavy atom. The number of nitrogens with zero attached hydrogens (tertiary/aromatic N) is 1. The van der Waals surface area contributed by atoms with Crippen molar-refractivity contribution in [1.29, 1.82) is 5.26 Å². The molecule has 0 aliphatic rings. The highest BCUT2D eigenvalue weighted by Crippen LogP contribution is 2.31. The van der Waals surface area contributed by atoms with E-state index < -0.39 is 0 Å². The van der Waals surface area contributed by atoms with Crippen LogP contribution in [-0.2, 0) is 0 Å². The molecule has 0 spiro atoms. The predicted molar refractivity (Wildman–Crippen MR) is 62.7 cm³/mol. The third-order valence-electron chi connectivity index (χ3n) is 1.96. The Hall–Kier alpha value is -1.69. The molecule has 0 fully saturated rings. The van der Waals surface area contributed by atoms with Gasteiger partial charge < -0.3 is 9.47 Å². The van der Waals surface area contributed by atoms with Crippen LogP contribution in [0.5, 0.6) is 11.5 Å². The summed E-state index contributed by atoms with van der Waals surface area (Å²) >= 11 is 0. The Morgan fingerprint density at radius 3 is 2.62 bits per heavy atom. The molecule has 0 saturated heterocycles. The minimum atomic E-state index is 0.418. The summed E-state index contributed by atoms with van der Waals surface area (Å²) in [6, 6.07) is 7.46. The molecule has 0 amide bonds. The van der Waals surface area contributed by atoms with E-state index in [0.29, 0.717) is 36.2 Å². The first-order valence-corrected chi connectivity index (χ1v) is 5.47. The van der Waals surface area contributed by atoms with E-state index in [1.165, 1.54) is 0 Å². The van der Waals surface area contributed by atoms with Crippen molar-refractivity contribution in [3.63, 3.8) is 0 Å². The van der Waals surface area contributed by atoms with E-state index in [-0.39, 0.29) is 0 Å². The zero-order valence-electron chi connectivity index (χ0n) is 9.99. The molecular weight excluding hydrogens is 202 g/mol. The Morgan fingerprint density at radius 1 is 1.31 bits per heavy atom. The van der Waals surface area contributed by atoms with Crippen LogP contribution in [0.4, 0.5) is 0 Å². The topological polar surface area (TPSA) is 42.2 Å². The number of rotatable bonds is 5. The van der Waals surface area contributed by atoms with Crippen molar-refractivity contribution in [2.45, 2.75) is 20.8 Å². The minimum absolute atomic E-state index is 0.418. The first kappa shape index (κ1) is 12.4.